The number of rotatable bonds is 5. The van der Waals surface area contributed by atoms with Gasteiger partial charge in [-0.2, -0.15) is 0 Å². The standard InChI is InChI=1S/C22H24N2OS/c1-16(12-17-8-4-3-5-9-17)14-23-15-18-13-20(23)22(25)24(18)19-10-6-7-11-21(19)26-2/h3-12,18,20H,13-15H2,1-2H3/t18-,20-/m0/s1. The Balaban J connectivity index is 1.49. The molecule has 0 spiro atoms. The highest BCUT2D eigenvalue weighted by molar-refractivity contribution is 7.98. The summed E-state index contributed by atoms with van der Waals surface area (Å²) in [5, 5.41) is 0. The molecule has 0 unspecified atom stereocenters. The zero-order valence-electron chi connectivity index (χ0n) is 15.3. The molecule has 2 saturated heterocycles. The number of fused-ring (bicyclic) bond motifs is 2. The van der Waals surface area contributed by atoms with E-state index in [1.807, 2.05) is 23.1 Å². The van der Waals surface area contributed by atoms with E-state index in [4.69, 9.17) is 0 Å². The van der Waals surface area contributed by atoms with Gasteiger partial charge in [0.15, 0.2) is 0 Å². The number of benzene rings is 2. The van der Waals surface area contributed by atoms with Gasteiger partial charge in [0.05, 0.1) is 17.8 Å². The van der Waals surface area contributed by atoms with Gasteiger partial charge >= 0.3 is 0 Å². The van der Waals surface area contributed by atoms with Crippen LogP contribution in [-0.4, -0.2) is 42.2 Å². The lowest BCUT2D eigenvalue weighted by Crippen LogP contribution is -2.51. The second-order valence-electron chi connectivity index (χ2n) is 7.12. The summed E-state index contributed by atoms with van der Waals surface area (Å²) in [7, 11) is 0. The largest absolute Gasteiger partial charge is 0.306 e. The van der Waals surface area contributed by atoms with Gasteiger partial charge in [-0.25, -0.2) is 0 Å². The summed E-state index contributed by atoms with van der Waals surface area (Å²) in [6.07, 6.45) is 5.24. The normalized spacial score (nSPS) is 23.1. The molecule has 2 bridgehead atoms. The Morgan fingerprint density at radius 2 is 1.88 bits per heavy atom. The van der Waals surface area contributed by atoms with E-state index in [1.165, 1.54) is 16.0 Å². The number of carbonyl (C=O) groups is 1. The number of hydrogen-bond acceptors (Lipinski definition) is 3. The molecule has 2 aromatic rings. The van der Waals surface area contributed by atoms with Crippen LogP contribution in [0.1, 0.15) is 18.9 Å². The molecule has 0 N–H and O–H groups in total. The van der Waals surface area contributed by atoms with Crippen molar-refractivity contribution in [1.82, 2.24) is 4.90 Å². The lowest BCUT2D eigenvalue weighted by atomic mass is 10.1. The average Bonchev–Trinajstić information content (AvgIpc) is 3.19. The zero-order valence-corrected chi connectivity index (χ0v) is 16.1. The van der Waals surface area contributed by atoms with Crippen molar-refractivity contribution < 1.29 is 4.79 Å². The van der Waals surface area contributed by atoms with E-state index in [9.17, 15) is 4.79 Å². The van der Waals surface area contributed by atoms with Crippen LogP contribution >= 0.6 is 11.8 Å². The van der Waals surface area contributed by atoms with Crippen LogP contribution in [0.5, 0.6) is 0 Å². The zero-order chi connectivity index (χ0) is 18.1. The summed E-state index contributed by atoms with van der Waals surface area (Å²) in [4.78, 5) is 18.6. The van der Waals surface area contributed by atoms with E-state index >= 15 is 0 Å². The Kier molecular flexibility index (Phi) is 4.88. The van der Waals surface area contributed by atoms with Gasteiger partial charge in [-0.05, 0) is 37.3 Å². The highest BCUT2D eigenvalue weighted by atomic mass is 32.2. The first kappa shape index (κ1) is 17.4. The monoisotopic (exact) mass is 364 g/mol. The summed E-state index contributed by atoms with van der Waals surface area (Å²) in [5.74, 6) is 0.260. The van der Waals surface area contributed by atoms with Crippen molar-refractivity contribution in [2.75, 3.05) is 24.2 Å². The predicted molar refractivity (Wildman–Crippen MR) is 110 cm³/mol. The molecule has 2 heterocycles. The number of thioether (sulfide) groups is 1. The number of likely N-dealkylation sites (tertiary alicyclic amines) is 1. The fraction of sp³-hybridized carbons (Fsp3) is 0.318. The average molecular weight is 365 g/mol. The lowest BCUT2D eigenvalue weighted by molar-refractivity contribution is -0.122. The van der Waals surface area contributed by atoms with Gasteiger partial charge in [-0.15, -0.1) is 11.8 Å². The molecule has 26 heavy (non-hydrogen) atoms. The molecule has 2 aromatic carbocycles. The minimum Gasteiger partial charge on any atom is -0.306 e. The Hall–Kier alpha value is -2.04. The Morgan fingerprint density at radius 3 is 2.62 bits per heavy atom. The molecule has 4 rings (SSSR count). The molecule has 2 fully saturated rings. The van der Waals surface area contributed by atoms with Gasteiger partial charge in [0.25, 0.3) is 0 Å². The predicted octanol–water partition coefficient (Wildman–Crippen LogP) is 4.30. The van der Waals surface area contributed by atoms with Crippen LogP contribution < -0.4 is 4.90 Å². The van der Waals surface area contributed by atoms with Crippen LogP contribution in [0.25, 0.3) is 6.08 Å². The maximum absolute atomic E-state index is 13.0. The summed E-state index contributed by atoms with van der Waals surface area (Å²) < 4.78 is 0. The molecule has 4 heteroatoms. The third kappa shape index (κ3) is 3.19. The molecule has 1 amide bonds. The van der Waals surface area contributed by atoms with Gasteiger partial charge in [-0.1, -0.05) is 54.1 Å². The minimum absolute atomic E-state index is 0.0223. The van der Waals surface area contributed by atoms with Crippen LogP contribution in [0.4, 0.5) is 5.69 Å². The molecule has 2 aliphatic rings. The molecule has 134 valence electrons. The van der Waals surface area contributed by atoms with Gasteiger partial charge in [0, 0.05) is 18.0 Å². The Morgan fingerprint density at radius 1 is 1.15 bits per heavy atom. The molecular weight excluding hydrogens is 340 g/mol. The van der Waals surface area contributed by atoms with Crippen molar-refractivity contribution in [3.05, 3.63) is 65.7 Å². The van der Waals surface area contributed by atoms with Crippen LogP contribution in [0, 0.1) is 0 Å². The van der Waals surface area contributed by atoms with E-state index in [1.54, 1.807) is 11.8 Å². The fourth-order valence-corrected chi connectivity index (χ4v) is 4.77. The van der Waals surface area contributed by atoms with Gasteiger partial charge in [-0.3, -0.25) is 9.69 Å². The van der Waals surface area contributed by atoms with E-state index in [2.05, 4.69) is 60.6 Å². The maximum Gasteiger partial charge on any atom is 0.244 e. The SMILES string of the molecule is CSc1ccccc1N1C(=O)[C@@H]2C[C@H]1CN2CC(C)=Cc1ccccc1. The number of hydrogen-bond donors (Lipinski definition) is 0. The molecule has 0 saturated carbocycles. The molecular formula is C22H24N2OS. The van der Waals surface area contributed by atoms with Crippen LogP contribution in [0.2, 0.25) is 0 Å². The number of carbonyl (C=O) groups excluding carboxylic acids is 1. The summed E-state index contributed by atoms with van der Waals surface area (Å²) in [6.45, 7) is 3.98. The quantitative estimate of drug-likeness (QED) is 0.739. The van der Waals surface area contributed by atoms with Gasteiger partial charge < -0.3 is 4.90 Å². The van der Waals surface area contributed by atoms with Gasteiger partial charge in [0.1, 0.15) is 0 Å². The lowest BCUT2D eigenvalue weighted by Gasteiger charge is -2.34. The Labute approximate surface area is 159 Å². The van der Waals surface area contributed by atoms with Crippen molar-refractivity contribution in [1.29, 1.82) is 0 Å². The molecule has 0 aliphatic carbocycles. The highest BCUT2D eigenvalue weighted by Crippen LogP contribution is 2.39. The first-order chi connectivity index (χ1) is 12.7. The van der Waals surface area contributed by atoms with Crippen molar-refractivity contribution in [2.24, 2.45) is 0 Å². The van der Waals surface area contributed by atoms with E-state index in [-0.39, 0.29) is 11.9 Å². The number of para-hydroxylation sites is 1. The third-order valence-electron chi connectivity index (χ3n) is 5.28. The number of piperazine rings is 1. The first-order valence-corrected chi connectivity index (χ1v) is 10.3. The summed E-state index contributed by atoms with van der Waals surface area (Å²) in [5.41, 5.74) is 3.59. The number of nitrogens with zero attached hydrogens (tertiary/aromatic N) is 2. The first-order valence-electron chi connectivity index (χ1n) is 9.09. The van der Waals surface area contributed by atoms with E-state index in [0.717, 1.165) is 25.2 Å². The van der Waals surface area contributed by atoms with Crippen molar-refractivity contribution >= 4 is 29.4 Å². The Bertz CT molecular complexity index is 833. The summed E-state index contributed by atoms with van der Waals surface area (Å²) >= 11 is 1.71. The number of amides is 1. The molecule has 2 aliphatic heterocycles. The van der Waals surface area contributed by atoms with Crippen LogP contribution in [0.15, 0.2) is 65.1 Å². The third-order valence-corrected chi connectivity index (χ3v) is 6.06. The van der Waals surface area contributed by atoms with Crippen molar-refractivity contribution in [2.45, 2.75) is 30.3 Å². The molecule has 3 nitrogen and oxygen atoms in total. The topological polar surface area (TPSA) is 23.6 Å². The smallest absolute Gasteiger partial charge is 0.244 e. The molecule has 2 atom stereocenters. The van der Waals surface area contributed by atoms with Crippen molar-refractivity contribution in [3.8, 4) is 0 Å². The second-order valence-corrected chi connectivity index (χ2v) is 7.96. The van der Waals surface area contributed by atoms with Gasteiger partial charge in [0.2, 0.25) is 5.91 Å². The molecule has 0 radical (unpaired) electrons. The summed E-state index contributed by atoms with van der Waals surface area (Å²) in [6, 6.07) is 18.9. The van der Waals surface area contributed by atoms with Crippen LogP contribution in [0.3, 0.4) is 0 Å². The van der Waals surface area contributed by atoms with E-state index in [0.29, 0.717) is 6.04 Å². The van der Waals surface area contributed by atoms with Crippen LogP contribution in [-0.2, 0) is 4.79 Å². The highest BCUT2D eigenvalue weighted by Gasteiger charge is 2.50. The maximum atomic E-state index is 13.0. The van der Waals surface area contributed by atoms with Crippen molar-refractivity contribution in [3.63, 3.8) is 0 Å². The fourth-order valence-electron chi connectivity index (χ4n) is 4.18. The molecule has 0 aromatic heterocycles. The number of anilines is 1. The minimum atomic E-state index is 0.0223. The second kappa shape index (κ2) is 7.29. The van der Waals surface area contributed by atoms with E-state index < -0.39 is 0 Å².